The van der Waals surface area contributed by atoms with E-state index < -0.39 is 0 Å². The van der Waals surface area contributed by atoms with Crippen molar-refractivity contribution in [2.75, 3.05) is 32.1 Å². The van der Waals surface area contributed by atoms with Crippen LogP contribution in [-0.2, 0) is 0 Å². The Morgan fingerprint density at radius 3 is 2.83 bits per heavy atom. The minimum Gasteiger partial charge on any atom is -0.300 e. The van der Waals surface area contributed by atoms with Gasteiger partial charge in [0.05, 0.1) is 0 Å². The molecule has 0 spiro atoms. The lowest BCUT2D eigenvalue weighted by molar-refractivity contribution is 0.257. The fourth-order valence-corrected chi connectivity index (χ4v) is 2.54. The van der Waals surface area contributed by atoms with Gasteiger partial charge in [-0.2, -0.15) is 11.8 Å². The van der Waals surface area contributed by atoms with Crippen LogP contribution in [0.5, 0.6) is 0 Å². The van der Waals surface area contributed by atoms with E-state index in [-0.39, 0.29) is 6.67 Å². The van der Waals surface area contributed by atoms with Crippen molar-refractivity contribution in [1.29, 1.82) is 0 Å². The molecule has 0 aliphatic carbocycles. The van der Waals surface area contributed by atoms with E-state index in [0.29, 0.717) is 11.3 Å². The fourth-order valence-electron chi connectivity index (χ4n) is 1.41. The van der Waals surface area contributed by atoms with Crippen LogP contribution in [-0.4, -0.2) is 41.7 Å². The van der Waals surface area contributed by atoms with Gasteiger partial charge in [-0.15, -0.1) is 0 Å². The standard InChI is InChI=1S/C9H18FNS/c1-9(2)3-5-11(6-4-10)7-8-12-9/h3-8H2,1-2H3. The lowest BCUT2D eigenvalue weighted by Crippen LogP contribution is -2.29. The molecule has 0 aromatic rings. The van der Waals surface area contributed by atoms with Gasteiger partial charge in [-0.3, -0.25) is 4.90 Å². The summed E-state index contributed by atoms with van der Waals surface area (Å²) in [5.74, 6) is 1.15. The number of rotatable bonds is 2. The molecule has 72 valence electrons. The zero-order valence-electron chi connectivity index (χ0n) is 7.98. The molecule has 0 radical (unpaired) electrons. The van der Waals surface area contributed by atoms with E-state index >= 15 is 0 Å². The summed E-state index contributed by atoms with van der Waals surface area (Å²) in [6.07, 6.45) is 1.18. The van der Waals surface area contributed by atoms with Crippen molar-refractivity contribution >= 4 is 11.8 Å². The smallest absolute Gasteiger partial charge is 0.102 e. The van der Waals surface area contributed by atoms with Crippen LogP contribution in [0.15, 0.2) is 0 Å². The minimum atomic E-state index is -0.203. The third-order valence-electron chi connectivity index (χ3n) is 2.33. The average Bonchev–Trinajstić information content (AvgIpc) is 2.14. The first-order chi connectivity index (χ1) is 5.64. The molecule has 3 heteroatoms. The number of hydrogen-bond acceptors (Lipinski definition) is 2. The third-order valence-corrected chi connectivity index (χ3v) is 3.70. The maximum atomic E-state index is 12.1. The Morgan fingerprint density at radius 2 is 2.17 bits per heavy atom. The van der Waals surface area contributed by atoms with Crippen molar-refractivity contribution in [3.05, 3.63) is 0 Å². The lowest BCUT2D eigenvalue weighted by atomic mass is 10.1. The second-order valence-electron chi connectivity index (χ2n) is 3.89. The molecule has 0 unspecified atom stereocenters. The molecule has 1 aliphatic heterocycles. The van der Waals surface area contributed by atoms with Crippen LogP contribution >= 0.6 is 11.8 Å². The molecular weight excluding hydrogens is 173 g/mol. The van der Waals surface area contributed by atoms with Gasteiger partial charge in [-0.25, -0.2) is 4.39 Å². The molecule has 0 N–H and O–H groups in total. The highest BCUT2D eigenvalue weighted by atomic mass is 32.2. The van der Waals surface area contributed by atoms with Gasteiger partial charge >= 0.3 is 0 Å². The van der Waals surface area contributed by atoms with Gasteiger partial charge in [-0.1, -0.05) is 13.8 Å². The summed E-state index contributed by atoms with van der Waals surface area (Å²) in [5.41, 5.74) is 0. The molecule has 0 atom stereocenters. The topological polar surface area (TPSA) is 3.24 Å². The summed E-state index contributed by atoms with van der Waals surface area (Å²) >= 11 is 2.01. The Morgan fingerprint density at radius 1 is 1.42 bits per heavy atom. The Labute approximate surface area is 78.7 Å². The predicted octanol–water partition coefficient (Wildman–Crippen LogP) is 2.17. The van der Waals surface area contributed by atoms with Crippen molar-refractivity contribution in [1.82, 2.24) is 4.90 Å². The molecule has 1 saturated heterocycles. The van der Waals surface area contributed by atoms with Crippen molar-refractivity contribution in [2.45, 2.75) is 25.0 Å². The van der Waals surface area contributed by atoms with E-state index in [0.717, 1.165) is 18.8 Å². The Balaban J connectivity index is 2.34. The first kappa shape index (κ1) is 10.3. The number of thioether (sulfide) groups is 1. The Bertz CT molecular complexity index is 138. The number of nitrogens with zero attached hydrogens (tertiary/aromatic N) is 1. The largest absolute Gasteiger partial charge is 0.300 e. The van der Waals surface area contributed by atoms with Crippen molar-refractivity contribution in [3.63, 3.8) is 0 Å². The summed E-state index contributed by atoms with van der Waals surface area (Å²) in [7, 11) is 0. The van der Waals surface area contributed by atoms with Gasteiger partial charge in [0.15, 0.2) is 0 Å². The summed E-state index contributed by atoms with van der Waals surface area (Å²) in [4.78, 5) is 2.22. The SMILES string of the molecule is CC1(C)CCN(CCF)CCS1. The van der Waals surface area contributed by atoms with Crippen molar-refractivity contribution in [2.24, 2.45) is 0 Å². The molecular formula is C9H18FNS. The highest BCUT2D eigenvalue weighted by molar-refractivity contribution is 8.00. The van der Waals surface area contributed by atoms with Crippen LogP contribution in [0, 0.1) is 0 Å². The molecule has 0 aromatic carbocycles. The van der Waals surface area contributed by atoms with E-state index in [9.17, 15) is 4.39 Å². The molecule has 0 aromatic heterocycles. The summed E-state index contributed by atoms with van der Waals surface area (Å²) in [5, 5.41) is 0. The summed E-state index contributed by atoms with van der Waals surface area (Å²) < 4.78 is 12.4. The summed E-state index contributed by atoms with van der Waals surface area (Å²) in [6.45, 7) is 7.08. The molecule has 0 saturated carbocycles. The first-order valence-electron chi connectivity index (χ1n) is 4.56. The van der Waals surface area contributed by atoms with E-state index in [1.807, 2.05) is 11.8 Å². The van der Waals surface area contributed by atoms with E-state index in [1.165, 1.54) is 6.42 Å². The number of hydrogen-bond donors (Lipinski definition) is 0. The molecule has 1 aliphatic rings. The monoisotopic (exact) mass is 191 g/mol. The number of alkyl halides is 1. The van der Waals surface area contributed by atoms with Gasteiger partial charge in [-0.05, 0) is 13.0 Å². The van der Waals surface area contributed by atoms with Gasteiger partial charge < -0.3 is 0 Å². The maximum Gasteiger partial charge on any atom is 0.102 e. The zero-order chi connectivity index (χ0) is 9.03. The van der Waals surface area contributed by atoms with E-state index in [4.69, 9.17) is 0 Å². The number of halogens is 1. The van der Waals surface area contributed by atoms with Gasteiger partial charge in [0.25, 0.3) is 0 Å². The average molecular weight is 191 g/mol. The van der Waals surface area contributed by atoms with Crippen LogP contribution in [0.4, 0.5) is 4.39 Å². The molecule has 12 heavy (non-hydrogen) atoms. The third kappa shape index (κ3) is 3.31. The van der Waals surface area contributed by atoms with E-state index in [1.54, 1.807) is 0 Å². The minimum absolute atomic E-state index is 0.203. The van der Waals surface area contributed by atoms with Gasteiger partial charge in [0.1, 0.15) is 6.67 Å². The molecule has 1 rings (SSSR count). The maximum absolute atomic E-state index is 12.1. The molecule has 1 heterocycles. The second-order valence-corrected chi connectivity index (χ2v) is 5.69. The highest BCUT2D eigenvalue weighted by Crippen LogP contribution is 2.30. The first-order valence-corrected chi connectivity index (χ1v) is 5.55. The van der Waals surface area contributed by atoms with Gasteiger partial charge in [0, 0.05) is 23.6 Å². The Hall–Kier alpha value is 0.240. The highest BCUT2D eigenvalue weighted by Gasteiger charge is 2.22. The van der Waals surface area contributed by atoms with Crippen molar-refractivity contribution in [3.8, 4) is 0 Å². The van der Waals surface area contributed by atoms with Crippen LogP contribution in [0.2, 0.25) is 0 Å². The molecule has 0 bridgehead atoms. The van der Waals surface area contributed by atoms with Crippen molar-refractivity contribution < 1.29 is 4.39 Å². The van der Waals surface area contributed by atoms with Crippen LogP contribution in [0.25, 0.3) is 0 Å². The van der Waals surface area contributed by atoms with Crippen LogP contribution in [0.3, 0.4) is 0 Å². The quantitative estimate of drug-likeness (QED) is 0.658. The normalized spacial score (nSPS) is 25.2. The second kappa shape index (κ2) is 4.47. The Kier molecular flexibility index (Phi) is 3.84. The predicted molar refractivity (Wildman–Crippen MR) is 53.6 cm³/mol. The molecule has 0 amide bonds. The van der Waals surface area contributed by atoms with Crippen LogP contribution in [0.1, 0.15) is 20.3 Å². The van der Waals surface area contributed by atoms with E-state index in [2.05, 4.69) is 18.7 Å². The zero-order valence-corrected chi connectivity index (χ0v) is 8.79. The molecule has 1 nitrogen and oxygen atoms in total. The van der Waals surface area contributed by atoms with Crippen LogP contribution < -0.4 is 0 Å². The fraction of sp³-hybridized carbons (Fsp3) is 1.00. The summed E-state index contributed by atoms with van der Waals surface area (Å²) in [6, 6.07) is 0. The molecule has 1 fully saturated rings. The van der Waals surface area contributed by atoms with Gasteiger partial charge in [0.2, 0.25) is 0 Å². The lowest BCUT2D eigenvalue weighted by Gasteiger charge is -2.21.